The molecule has 1 aromatic carbocycles. The summed E-state index contributed by atoms with van der Waals surface area (Å²) in [5, 5.41) is 10.00. The van der Waals surface area contributed by atoms with Gasteiger partial charge in [-0.15, -0.1) is 5.10 Å². The zero-order chi connectivity index (χ0) is 13.1. The van der Waals surface area contributed by atoms with Crippen LogP contribution in [0.25, 0.3) is 0 Å². The molecule has 1 heterocycles. The number of carbonyl (C=O) groups is 1. The molecule has 0 atom stereocenters. The Morgan fingerprint density at radius 2 is 2.33 bits per heavy atom. The van der Waals surface area contributed by atoms with Gasteiger partial charge in [-0.1, -0.05) is 22.9 Å². The first-order chi connectivity index (χ1) is 8.56. The Hall–Kier alpha value is -1.95. The van der Waals surface area contributed by atoms with Crippen LogP contribution >= 0.6 is 11.6 Å². The van der Waals surface area contributed by atoms with Crippen LogP contribution in [-0.2, 0) is 13.6 Å². The van der Waals surface area contributed by atoms with E-state index < -0.39 is 5.82 Å². The summed E-state index contributed by atoms with van der Waals surface area (Å²) in [6, 6.07) is 4.28. The Labute approximate surface area is 108 Å². The van der Waals surface area contributed by atoms with Gasteiger partial charge in [0, 0.05) is 13.6 Å². The van der Waals surface area contributed by atoms with Crippen molar-refractivity contribution in [3.05, 3.63) is 46.5 Å². The smallest absolute Gasteiger partial charge is 0.273 e. The van der Waals surface area contributed by atoms with Gasteiger partial charge in [-0.05, 0) is 17.7 Å². The normalized spacial score (nSPS) is 10.4. The van der Waals surface area contributed by atoms with E-state index in [1.165, 1.54) is 23.0 Å². The first kappa shape index (κ1) is 12.5. The molecule has 0 spiro atoms. The molecule has 2 rings (SSSR count). The molecule has 0 bridgehead atoms. The Balaban J connectivity index is 1.99. The highest BCUT2D eigenvalue weighted by molar-refractivity contribution is 6.30. The molecule has 0 aliphatic heterocycles. The van der Waals surface area contributed by atoms with Crippen LogP contribution in [0.2, 0.25) is 5.02 Å². The molecule has 2 aromatic rings. The number of benzene rings is 1. The minimum atomic E-state index is -0.485. The lowest BCUT2D eigenvalue weighted by Crippen LogP contribution is -2.23. The minimum absolute atomic E-state index is 0.0289. The fraction of sp³-hybridized carbons (Fsp3) is 0.182. The molecular weight excluding hydrogens is 259 g/mol. The van der Waals surface area contributed by atoms with Crippen LogP contribution in [0.15, 0.2) is 24.4 Å². The van der Waals surface area contributed by atoms with Crippen molar-refractivity contribution < 1.29 is 9.18 Å². The molecule has 0 saturated carbocycles. The summed E-state index contributed by atoms with van der Waals surface area (Å²) < 4.78 is 14.4. The molecular formula is C11H10ClFN4O. The molecule has 0 aliphatic rings. The largest absolute Gasteiger partial charge is 0.347 e. The summed E-state index contributed by atoms with van der Waals surface area (Å²) in [4.78, 5) is 11.6. The molecule has 18 heavy (non-hydrogen) atoms. The standard InChI is InChI=1S/C11H10ClFN4O/c1-17-6-10(15-16-17)11(18)14-5-7-2-3-9(13)8(12)4-7/h2-4,6H,5H2,1H3,(H,14,18). The first-order valence-electron chi connectivity index (χ1n) is 5.14. The maximum absolute atomic E-state index is 12.9. The maximum Gasteiger partial charge on any atom is 0.273 e. The van der Waals surface area contributed by atoms with Crippen molar-refractivity contribution in [1.29, 1.82) is 0 Å². The van der Waals surface area contributed by atoms with E-state index in [2.05, 4.69) is 15.6 Å². The predicted molar refractivity (Wildman–Crippen MR) is 63.6 cm³/mol. The molecule has 1 amide bonds. The summed E-state index contributed by atoms with van der Waals surface area (Å²) in [7, 11) is 1.67. The lowest BCUT2D eigenvalue weighted by molar-refractivity contribution is 0.0946. The zero-order valence-electron chi connectivity index (χ0n) is 9.52. The molecule has 1 N–H and O–H groups in total. The van der Waals surface area contributed by atoms with Gasteiger partial charge in [0.15, 0.2) is 5.69 Å². The fourth-order valence-corrected chi connectivity index (χ4v) is 1.58. The lowest BCUT2D eigenvalue weighted by Gasteiger charge is -2.04. The number of nitrogens with zero attached hydrogens (tertiary/aromatic N) is 3. The van der Waals surface area contributed by atoms with Gasteiger partial charge in [-0.3, -0.25) is 9.48 Å². The van der Waals surface area contributed by atoms with Gasteiger partial charge in [0.25, 0.3) is 5.91 Å². The first-order valence-corrected chi connectivity index (χ1v) is 5.52. The van der Waals surface area contributed by atoms with Crippen LogP contribution in [0.5, 0.6) is 0 Å². The number of rotatable bonds is 3. The molecule has 7 heteroatoms. The Kier molecular flexibility index (Phi) is 3.57. The topological polar surface area (TPSA) is 59.8 Å². The number of aryl methyl sites for hydroxylation is 1. The predicted octanol–water partition coefficient (Wildman–Crippen LogP) is 1.54. The molecule has 1 aromatic heterocycles. The van der Waals surface area contributed by atoms with Gasteiger partial charge < -0.3 is 5.32 Å². The number of carbonyl (C=O) groups excluding carboxylic acids is 1. The van der Waals surface area contributed by atoms with Crippen molar-refractivity contribution in [3.63, 3.8) is 0 Å². The van der Waals surface area contributed by atoms with Gasteiger partial charge >= 0.3 is 0 Å². The quantitative estimate of drug-likeness (QED) is 0.919. The van der Waals surface area contributed by atoms with Gasteiger partial charge in [-0.2, -0.15) is 0 Å². The minimum Gasteiger partial charge on any atom is -0.347 e. The van der Waals surface area contributed by atoms with E-state index in [0.29, 0.717) is 5.56 Å². The van der Waals surface area contributed by atoms with E-state index in [9.17, 15) is 9.18 Å². The maximum atomic E-state index is 12.9. The third-order valence-electron chi connectivity index (χ3n) is 2.27. The number of halogens is 2. The van der Waals surface area contributed by atoms with Crippen LogP contribution in [0.3, 0.4) is 0 Å². The van der Waals surface area contributed by atoms with E-state index in [1.54, 1.807) is 13.1 Å². The number of amides is 1. The van der Waals surface area contributed by atoms with Gasteiger partial charge in [-0.25, -0.2) is 4.39 Å². The number of hydrogen-bond donors (Lipinski definition) is 1. The summed E-state index contributed by atoms with van der Waals surface area (Å²) in [5.41, 5.74) is 0.935. The third-order valence-corrected chi connectivity index (χ3v) is 2.56. The van der Waals surface area contributed by atoms with Crippen molar-refractivity contribution in [1.82, 2.24) is 20.3 Å². The van der Waals surface area contributed by atoms with Gasteiger partial charge in [0.2, 0.25) is 0 Å². The van der Waals surface area contributed by atoms with Crippen molar-refractivity contribution in [2.24, 2.45) is 7.05 Å². The Morgan fingerprint density at radius 3 is 2.94 bits per heavy atom. The highest BCUT2D eigenvalue weighted by Gasteiger charge is 2.09. The molecule has 94 valence electrons. The average molecular weight is 269 g/mol. The Bertz CT molecular complexity index is 584. The van der Waals surface area contributed by atoms with Crippen molar-refractivity contribution in [2.75, 3.05) is 0 Å². The van der Waals surface area contributed by atoms with Crippen molar-refractivity contribution in [3.8, 4) is 0 Å². The highest BCUT2D eigenvalue weighted by atomic mass is 35.5. The lowest BCUT2D eigenvalue weighted by atomic mass is 10.2. The van der Waals surface area contributed by atoms with E-state index in [0.717, 1.165) is 0 Å². The molecule has 0 aliphatic carbocycles. The summed E-state index contributed by atoms with van der Waals surface area (Å²) >= 11 is 5.64. The van der Waals surface area contributed by atoms with Gasteiger partial charge in [0.1, 0.15) is 5.82 Å². The second kappa shape index (κ2) is 5.14. The van der Waals surface area contributed by atoms with Crippen LogP contribution in [-0.4, -0.2) is 20.9 Å². The average Bonchev–Trinajstić information content (AvgIpc) is 2.77. The Morgan fingerprint density at radius 1 is 1.56 bits per heavy atom. The fourth-order valence-electron chi connectivity index (χ4n) is 1.37. The molecule has 0 unspecified atom stereocenters. The van der Waals surface area contributed by atoms with Crippen molar-refractivity contribution >= 4 is 17.5 Å². The van der Waals surface area contributed by atoms with Crippen molar-refractivity contribution in [2.45, 2.75) is 6.54 Å². The van der Waals surface area contributed by atoms with Crippen LogP contribution in [0.4, 0.5) is 4.39 Å². The van der Waals surface area contributed by atoms with E-state index in [4.69, 9.17) is 11.6 Å². The second-order valence-electron chi connectivity index (χ2n) is 3.71. The van der Waals surface area contributed by atoms with Gasteiger partial charge in [0.05, 0.1) is 11.2 Å². The van der Waals surface area contributed by atoms with E-state index in [1.807, 2.05) is 0 Å². The molecule has 0 saturated heterocycles. The van der Waals surface area contributed by atoms with Crippen LogP contribution in [0.1, 0.15) is 16.1 Å². The summed E-state index contributed by atoms with van der Waals surface area (Å²) in [5.74, 6) is -0.829. The summed E-state index contributed by atoms with van der Waals surface area (Å²) in [6.07, 6.45) is 1.51. The molecule has 0 radical (unpaired) electrons. The second-order valence-corrected chi connectivity index (χ2v) is 4.12. The SMILES string of the molecule is Cn1cc(C(=O)NCc2ccc(F)c(Cl)c2)nn1. The monoisotopic (exact) mass is 268 g/mol. The number of nitrogens with one attached hydrogen (secondary N) is 1. The highest BCUT2D eigenvalue weighted by Crippen LogP contribution is 2.15. The number of hydrogen-bond acceptors (Lipinski definition) is 3. The van der Waals surface area contributed by atoms with Crippen LogP contribution < -0.4 is 5.32 Å². The molecule has 0 fully saturated rings. The third kappa shape index (κ3) is 2.84. The molecule has 5 nitrogen and oxygen atoms in total. The van der Waals surface area contributed by atoms with E-state index >= 15 is 0 Å². The van der Waals surface area contributed by atoms with E-state index in [-0.39, 0.29) is 23.2 Å². The number of aromatic nitrogens is 3. The zero-order valence-corrected chi connectivity index (χ0v) is 10.3. The van der Waals surface area contributed by atoms with Crippen LogP contribution in [0, 0.1) is 5.82 Å². The summed E-state index contributed by atoms with van der Waals surface area (Å²) in [6.45, 7) is 0.245.